The number of nitrogens with zero attached hydrogens (tertiary/aromatic N) is 1. The van der Waals surface area contributed by atoms with Crippen LogP contribution in [-0.4, -0.2) is 13.4 Å². The predicted octanol–water partition coefficient (Wildman–Crippen LogP) is 7.96. The van der Waals surface area contributed by atoms with Crippen LogP contribution in [0.25, 0.3) is 22.0 Å². The molecular weight excluding hydrogens is 532 g/mol. The lowest BCUT2D eigenvalue weighted by Crippen LogP contribution is -2.14. The van der Waals surface area contributed by atoms with Gasteiger partial charge in [0.25, 0.3) is 10.0 Å². The second kappa shape index (κ2) is 10.0. The fraction of sp³-hybridized carbons (Fsp3) is 0.0690. The number of para-hydroxylation sites is 1. The lowest BCUT2D eigenvalue weighted by molar-refractivity contribution is -0.136. The van der Waals surface area contributed by atoms with Gasteiger partial charge in [-0.2, -0.15) is 13.2 Å². The number of benzene rings is 4. The Morgan fingerprint density at radius 1 is 0.821 bits per heavy atom. The molecule has 0 amide bonds. The van der Waals surface area contributed by atoms with Gasteiger partial charge in [0.05, 0.1) is 21.7 Å². The smallest absolute Gasteiger partial charge is 0.418 e. The molecule has 0 aliphatic carbocycles. The minimum absolute atomic E-state index is 0.0352. The van der Waals surface area contributed by atoms with Crippen molar-refractivity contribution in [3.63, 3.8) is 0 Å². The van der Waals surface area contributed by atoms with E-state index in [0.717, 1.165) is 23.3 Å². The van der Waals surface area contributed by atoms with Crippen LogP contribution in [0.1, 0.15) is 11.3 Å². The molecule has 0 unspecified atom stereocenters. The van der Waals surface area contributed by atoms with Crippen molar-refractivity contribution in [3.8, 4) is 22.6 Å². The second-order valence-electron chi connectivity index (χ2n) is 8.70. The van der Waals surface area contributed by atoms with Crippen LogP contribution in [0.4, 0.5) is 23.2 Å². The maximum Gasteiger partial charge on any atom is 0.418 e. The number of hydrogen-bond donors (Lipinski definition) is 1. The Balaban J connectivity index is 1.39. The summed E-state index contributed by atoms with van der Waals surface area (Å²) in [6.07, 6.45) is -4.62. The highest BCUT2D eigenvalue weighted by Gasteiger charge is 2.33. The van der Waals surface area contributed by atoms with E-state index in [1.165, 1.54) is 49.4 Å². The zero-order valence-electron chi connectivity index (χ0n) is 20.3. The second-order valence-corrected chi connectivity index (χ2v) is 10.4. The van der Waals surface area contributed by atoms with Gasteiger partial charge in [-0.15, -0.1) is 0 Å². The average Bonchev–Trinajstić information content (AvgIpc) is 2.90. The number of sulfonamides is 1. The molecule has 0 bridgehead atoms. The van der Waals surface area contributed by atoms with E-state index >= 15 is 0 Å². The van der Waals surface area contributed by atoms with E-state index < -0.39 is 27.6 Å². The lowest BCUT2D eigenvalue weighted by atomic mass is 10.1. The maximum atomic E-state index is 14.9. The summed E-state index contributed by atoms with van der Waals surface area (Å²) in [4.78, 5) is 3.96. The molecule has 5 nitrogen and oxygen atoms in total. The number of nitrogens with one attached hydrogen (secondary N) is 1. The van der Waals surface area contributed by atoms with E-state index in [4.69, 9.17) is 4.74 Å². The molecule has 0 atom stereocenters. The Hall–Kier alpha value is -4.44. The molecule has 0 saturated carbocycles. The zero-order chi connectivity index (χ0) is 27.8. The molecule has 39 heavy (non-hydrogen) atoms. The molecule has 0 aliphatic rings. The minimum atomic E-state index is -4.62. The summed E-state index contributed by atoms with van der Waals surface area (Å²) >= 11 is 0. The summed E-state index contributed by atoms with van der Waals surface area (Å²) in [5.41, 5.74) is 0.498. The van der Waals surface area contributed by atoms with Crippen LogP contribution in [0.5, 0.6) is 11.5 Å². The highest BCUT2D eigenvalue weighted by atomic mass is 32.2. The van der Waals surface area contributed by atoms with Crippen LogP contribution in [0.2, 0.25) is 0 Å². The van der Waals surface area contributed by atoms with Crippen LogP contribution >= 0.6 is 0 Å². The van der Waals surface area contributed by atoms with Crippen molar-refractivity contribution in [3.05, 3.63) is 114 Å². The third-order valence-electron chi connectivity index (χ3n) is 5.92. The van der Waals surface area contributed by atoms with E-state index in [2.05, 4.69) is 9.71 Å². The topological polar surface area (TPSA) is 68.3 Å². The van der Waals surface area contributed by atoms with Gasteiger partial charge in [0.15, 0.2) is 5.82 Å². The quantitative estimate of drug-likeness (QED) is 0.217. The summed E-state index contributed by atoms with van der Waals surface area (Å²) in [5.74, 6) is -0.912. The summed E-state index contributed by atoms with van der Waals surface area (Å²) in [7, 11) is -4.11. The van der Waals surface area contributed by atoms with Crippen LogP contribution in [0, 0.1) is 12.7 Å². The third-order valence-corrected chi connectivity index (χ3v) is 7.30. The highest BCUT2D eigenvalue weighted by molar-refractivity contribution is 7.92. The monoisotopic (exact) mass is 552 g/mol. The fourth-order valence-electron chi connectivity index (χ4n) is 4.08. The van der Waals surface area contributed by atoms with Crippen LogP contribution < -0.4 is 9.46 Å². The Morgan fingerprint density at radius 2 is 1.51 bits per heavy atom. The van der Waals surface area contributed by atoms with Crippen molar-refractivity contribution < 1.29 is 30.7 Å². The molecule has 198 valence electrons. The van der Waals surface area contributed by atoms with Gasteiger partial charge in [0.2, 0.25) is 0 Å². The number of ether oxygens (including phenoxy) is 1. The first-order valence-electron chi connectivity index (χ1n) is 11.6. The van der Waals surface area contributed by atoms with Gasteiger partial charge in [-0.3, -0.25) is 9.71 Å². The molecule has 0 spiro atoms. The lowest BCUT2D eigenvalue weighted by Gasteiger charge is -2.15. The van der Waals surface area contributed by atoms with E-state index in [1.54, 1.807) is 12.1 Å². The fourth-order valence-corrected chi connectivity index (χ4v) is 5.15. The number of aromatic nitrogens is 1. The third kappa shape index (κ3) is 5.56. The molecule has 0 saturated heterocycles. The van der Waals surface area contributed by atoms with Crippen molar-refractivity contribution in [2.24, 2.45) is 0 Å². The van der Waals surface area contributed by atoms with Crippen molar-refractivity contribution >= 4 is 26.6 Å². The standard InChI is InChI=1S/C29H20F4N2O3S/c1-18-16-27(23-8-5-9-24(28(23)34-18)29(31,32)33)38-21-12-15-26(25(30)17-21)35-39(36,37)22-13-10-20(11-14-22)19-6-3-2-4-7-19/h2-17,35H,1H3. The van der Waals surface area contributed by atoms with E-state index in [9.17, 15) is 26.0 Å². The van der Waals surface area contributed by atoms with Crippen LogP contribution in [-0.2, 0) is 16.2 Å². The molecule has 0 fully saturated rings. The van der Waals surface area contributed by atoms with Gasteiger partial charge in [-0.25, -0.2) is 12.8 Å². The molecular formula is C29H20F4N2O3S. The molecule has 0 aliphatic heterocycles. The van der Waals surface area contributed by atoms with Gasteiger partial charge < -0.3 is 4.74 Å². The molecule has 10 heteroatoms. The number of fused-ring (bicyclic) bond motifs is 1. The number of aryl methyl sites for hydroxylation is 1. The van der Waals surface area contributed by atoms with Crippen molar-refractivity contribution in [2.45, 2.75) is 18.0 Å². The first-order valence-corrected chi connectivity index (χ1v) is 13.1. The van der Waals surface area contributed by atoms with Gasteiger partial charge in [-0.05, 0) is 54.4 Å². The number of alkyl halides is 3. The van der Waals surface area contributed by atoms with Crippen molar-refractivity contribution in [1.82, 2.24) is 4.98 Å². The zero-order valence-corrected chi connectivity index (χ0v) is 21.1. The Labute approximate surface area is 221 Å². The molecule has 5 rings (SSSR count). The van der Waals surface area contributed by atoms with Crippen molar-refractivity contribution in [1.29, 1.82) is 0 Å². The largest absolute Gasteiger partial charge is 0.456 e. The van der Waals surface area contributed by atoms with Crippen LogP contribution in [0.15, 0.2) is 102 Å². The molecule has 4 aromatic carbocycles. The Morgan fingerprint density at radius 3 is 2.18 bits per heavy atom. The average molecular weight is 553 g/mol. The summed E-state index contributed by atoms with van der Waals surface area (Å²) in [6, 6.07) is 24.0. The predicted molar refractivity (Wildman–Crippen MR) is 141 cm³/mol. The first-order chi connectivity index (χ1) is 18.5. The molecule has 1 N–H and O–H groups in total. The van der Waals surface area contributed by atoms with E-state index in [0.29, 0.717) is 0 Å². The summed E-state index contributed by atoms with van der Waals surface area (Å²) in [5, 5.41) is 0.0968. The summed E-state index contributed by atoms with van der Waals surface area (Å²) in [6.45, 7) is 1.52. The highest BCUT2D eigenvalue weighted by Crippen LogP contribution is 2.38. The van der Waals surface area contributed by atoms with Gasteiger partial charge in [-0.1, -0.05) is 48.5 Å². The van der Waals surface area contributed by atoms with Gasteiger partial charge in [0.1, 0.15) is 11.5 Å². The number of rotatable bonds is 6. The normalized spacial score (nSPS) is 11.9. The van der Waals surface area contributed by atoms with Gasteiger partial charge >= 0.3 is 6.18 Å². The van der Waals surface area contributed by atoms with E-state index in [-0.39, 0.29) is 38.7 Å². The molecule has 1 aromatic heterocycles. The Kier molecular flexibility index (Phi) is 6.73. The number of anilines is 1. The first kappa shape index (κ1) is 26.2. The van der Waals surface area contributed by atoms with Crippen molar-refractivity contribution in [2.75, 3.05) is 4.72 Å². The Bertz CT molecular complexity index is 1770. The molecule has 1 heterocycles. The van der Waals surface area contributed by atoms with Gasteiger partial charge in [0, 0.05) is 23.2 Å². The minimum Gasteiger partial charge on any atom is -0.456 e. The molecule has 5 aromatic rings. The summed E-state index contributed by atoms with van der Waals surface area (Å²) < 4.78 is 89.0. The maximum absolute atomic E-state index is 14.9. The number of hydrogen-bond acceptors (Lipinski definition) is 4. The van der Waals surface area contributed by atoms with E-state index in [1.807, 2.05) is 30.3 Å². The molecule has 0 radical (unpaired) electrons. The number of pyridine rings is 1. The number of halogens is 4. The SMILES string of the molecule is Cc1cc(Oc2ccc(NS(=O)(=O)c3ccc(-c4ccccc4)cc3)c(F)c2)c2cccc(C(F)(F)F)c2n1. The van der Waals surface area contributed by atoms with Crippen LogP contribution in [0.3, 0.4) is 0 Å².